The molecule has 0 aromatic heterocycles. The minimum Gasteiger partial charge on any atom is -0.493 e. The van der Waals surface area contributed by atoms with Crippen LogP contribution >= 0.6 is 0 Å². The molecule has 0 saturated carbocycles. The molecule has 0 unspecified atom stereocenters. The maximum absolute atomic E-state index is 12.6. The van der Waals surface area contributed by atoms with E-state index in [1.807, 2.05) is 0 Å². The summed E-state index contributed by atoms with van der Waals surface area (Å²) in [4.78, 5) is 21.7. The molecule has 0 atom stereocenters. The van der Waals surface area contributed by atoms with Crippen molar-refractivity contribution in [2.75, 3.05) is 13.2 Å². The van der Waals surface area contributed by atoms with E-state index in [1.54, 1.807) is 0 Å². The number of halogens is 1. The van der Waals surface area contributed by atoms with Gasteiger partial charge in [0.25, 0.3) is 0 Å². The van der Waals surface area contributed by atoms with Crippen LogP contribution in [0, 0.1) is 5.82 Å². The first-order chi connectivity index (χ1) is 9.58. The molecule has 1 amide bonds. The first-order valence-corrected chi connectivity index (χ1v) is 6.45. The van der Waals surface area contributed by atoms with Gasteiger partial charge in [-0.05, 0) is 37.1 Å². The molecule has 20 heavy (non-hydrogen) atoms. The van der Waals surface area contributed by atoms with E-state index < -0.39 is 5.97 Å². The molecule has 0 fully saturated rings. The molecule has 6 heteroatoms. The van der Waals surface area contributed by atoms with E-state index >= 15 is 0 Å². The van der Waals surface area contributed by atoms with Crippen molar-refractivity contribution in [3.8, 4) is 5.75 Å². The third-order valence-corrected chi connectivity index (χ3v) is 2.55. The number of benzene rings is 1. The molecule has 0 bridgehead atoms. The molecule has 0 heterocycles. The van der Waals surface area contributed by atoms with Crippen molar-refractivity contribution in [3.05, 3.63) is 30.1 Å². The molecule has 0 saturated heterocycles. The second-order valence-electron chi connectivity index (χ2n) is 4.25. The van der Waals surface area contributed by atoms with Crippen LogP contribution in [0.1, 0.15) is 25.7 Å². The largest absolute Gasteiger partial charge is 0.493 e. The summed E-state index contributed by atoms with van der Waals surface area (Å²) in [7, 11) is 0. The number of carbonyl (C=O) groups excluding carboxylic acids is 1. The molecule has 0 spiro atoms. The first-order valence-electron chi connectivity index (χ1n) is 6.45. The summed E-state index contributed by atoms with van der Waals surface area (Å²) in [6.45, 7) is 0.676. The van der Waals surface area contributed by atoms with Crippen LogP contribution in [0.4, 0.5) is 4.39 Å². The number of hydrogen-bond donors (Lipinski definition) is 2. The Bertz CT molecular complexity index is 433. The Balaban J connectivity index is 2.05. The summed E-state index contributed by atoms with van der Waals surface area (Å²) in [6, 6.07) is 5.58. The van der Waals surface area contributed by atoms with Gasteiger partial charge in [-0.15, -0.1) is 0 Å². The fourth-order valence-electron chi connectivity index (χ4n) is 1.51. The summed E-state index contributed by atoms with van der Waals surface area (Å²) in [6.07, 6.45) is 1.50. The van der Waals surface area contributed by atoms with Crippen molar-refractivity contribution < 1.29 is 23.8 Å². The van der Waals surface area contributed by atoms with Crippen LogP contribution in [0.25, 0.3) is 0 Å². The van der Waals surface area contributed by atoms with Gasteiger partial charge in [0, 0.05) is 13.0 Å². The predicted octanol–water partition coefficient (Wildman–Crippen LogP) is 1.97. The van der Waals surface area contributed by atoms with Gasteiger partial charge in [0.1, 0.15) is 11.6 Å². The lowest BCUT2D eigenvalue weighted by Crippen LogP contribution is -2.26. The van der Waals surface area contributed by atoms with Crippen molar-refractivity contribution in [3.63, 3.8) is 0 Å². The number of nitrogens with one attached hydrogen (secondary N) is 1. The van der Waals surface area contributed by atoms with Crippen molar-refractivity contribution in [1.29, 1.82) is 0 Å². The lowest BCUT2D eigenvalue weighted by atomic mass is 10.2. The zero-order valence-electron chi connectivity index (χ0n) is 11.1. The molecule has 0 aliphatic carbocycles. The lowest BCUT2D eigenvalue weighted by Gasteiger charge is -2.07. The Kier molecular flexibility index (Phi) is 7.10. The van der Waals surface area contributed by atoms with Gasteiger partial charge in [0.05, 0.1) is 13.0 Å². The van der Waals surface area contributed by atoms with Gasteiger partial charge in [-0.2, -0.15) is 0 Å². The Morgan fingerprint density at radius 3 is 2.50 bits per heavy atom. The van der Waals surface area contributed by atoms with E-state index in [-0.39, 0.29) is 31.2 Å². The van der Waals surface area contributed by atoms with Crippen molar-refractivity contribution in [2.45, 2.75) is 25.7 Å². The van der Waals surface area contributed by atoms with E-state index in [1.165, 1.54) is 24.3 Å². The Hall–Kier alpha value is -2.11. The number of aliphatic carboxylic acids is 1. The quantitative estimate of drug-likeness (QED) is 0.679. The molecule has 0 radical (unpaired) electrons. The highest BCUT2D eigenvalue weighted by molar-refractivity contribution is 5.75. The minimum atomic E-state index is -0.830. The van der Waals surface area contributed by atoms with Crippen molar-refractivity contribution in [2.24, 2.45) is 0 Å². The van der Waals surface area contributed by atoms with Gasteiger partial charge < -0.3 is 15.2 Å². The highest BCUT2D eigenvalue weighted by Gasteiger charge is 2.02. The summed E-state index contributed by atoms with van der Waals surface area (Å²) in [5, 5.41) is 11.1. The number of unbranched alkanes of at least 4 members (excludes halogenated alkanes) is 1. The second-order valence-corrected chi connectivity index (χ2v) is 4.25. The first kappa shape index (κ1) is 15.9. The van der Waals surface area contributed by atoms with Gasteiger partial charge in [-0.25, -0.2) is 4.39 Å². The van der Waals surface area contributed by atoms with E-state index in [0.29, 0.717) is 25.1 Å². The van der Waals surface area contributed by atoms with Gasteiger partial charge in [0.2, 0.25) is 5.91 Å². The van der Waals surface area contributed by atoms with Gasteiger partial charge in [-0.1, -0.05) is 0 Å². The summed E-state index contributed by atoms with van der Waals surface area (Å²) >= 11 is 0. The zero-order valence-corrected chi connectivity index (χ0v) is 11.1. The summed E-state index contributed by atoms with van der Waals surface area (Å²) in [5.41, 5.74) is 0. The van der Waals surface area contributed by atoms with E-state index in [2.05, 4.69) is 5.32 Å². The third kappa shape index (κ3) is 7.35. The molecular formula is C14H18FNO4. The molecule has 1 aromatic carbocycles. The third-order valence-electron chi connectivity index (χ3n) is 2.55. The molecule has 2 N–H and O–H groups in total. The minimum absolute atomic E-state index is 0.115. The predicted molar refractivity (Wildman–Crippen MR) is 71.0 cm³/mol. The average molecular weight is 283 g/mol. The second kappa shape index (κ2) is 8.90. The topological polar surface area (TPSA) is 75.6 Å². The van der Waals surface area contributed by atoms with Crippen molar-refractivity contribution >= 4 is 11.9 Å². The van der Waals surface area contributed by atoms with Gasteiger partial charge in [-0.3, -0.25) is 9.59 Å². The summed E-state index contributed by atoms with van der Waals surface area (Å²) in [5.74, 6) is -0.802. The van der Waals surface area contributed by atoms with Crippen LogP contribution in [0.15, 0.2) is 24.3 Å². The highest BCUT2D eigenvalue weighted by atomic mass is 19.1. The van der Waals surface area contributed by atoms with Crippen LogP contribution in [-0.4, -0.2) is 30.1 Å². The zero-order chi connectivity index (χ0) is 14.8. The average Bonchev–Trinajstić information content (AvgIpc) is 2.40. The van der Waals surface area contributed by atoms with E-state index in [4.69, 9.17) is 9.84 Å². The Labute approximate surface area is 116 Å². The monoisotopic (exact) mass is 283 g/mol. The van der Waals surface area contributed by atoms with Crippen LogP contribution < -0.4 is 10.1 Å². The molecule has 1 aromatic rings. The van der Waals surface area contributed by atoms with E-state index in [9.17, 15) is 14.0 Å². The molecule has 5 nitrogen and oxygen atoms in total. The van der Waals surface area contributed by atoms with E-state index in [0.717, 1.165) is 0 Å². The van der Waals surface area contributed by atoms with Crippen LogP contribution in [0.3, 0.4) is 0 Å². The number of carboxylic acids is 1. The number of hydrogen-bond acceptors (Lipinski definition) is 3. The number of amides is 1. The molecule has 110 valence electrons. The highest BCUT2D eigenvalue weighted by Crippen LogP contribution is 2.10. The smallest absolute Gasteiger partial charge is 0.303 e. The number of rotatable bonds is 9. The lowest BCUT2D eigenvalue weighted by molar-refractivity contribution is -0.137. The number of carboxylic acid groups (broad SMARTS) is 1. The van der Waals surface area contributed by atoms with Crippen LogP contribution in [0.5, 0.6) is 5.75 Å². The van der Waals surface area contributed by atoms with Gasteiger partial charge in [0.15, 0.2) is 0 Å². The van der Waals surface area contributed by atoms with Gasteiger partial charge >= 0.3 is 5.97 Å². The fraction of sp³-hybridized carbons (Fsp3) is 0.429. The maximum atomic E-state index is 12.6. The molecule has 1 rings (SSSR count). The fourth-order valence-corrected chi connectivity index (χ4v) is 1.51. The van der Waals surface area contributed by atoms with Crippen molar-refractivity contribution in [1.82, 2.24) is 5.32 Å². The SMILES string of the molecule is O=C(O)CCCCNC(=O)CCOc1ccc(F)cc1. The molecule has 0 aliphatic rings. The van der Waals surface area contributed by atoms with Crippen LogP contribution in [0.2, 0.25) is 0 Å². The maximum Gasteiger partial charge on any atom is 0.303 e. The normalized spacial score (nSPS) is 10.1. The number of carbonyl (C=O) groups is 2. The Morgan fingerprint density at radius 1 is 1.15 bits per heavy atom. The standard InChI is InChI=1S/C14H18FNO4/c15-11-4-6-12(7-5-11)20-10-8-13(17)16-9-2-1-3-14(18)19/h4-7H,1-3,8-10H2,(H,16,17)(H,18,19). The summed E-state index contributed by atoms with van der Waals surface area (Å²) < 4.78 is 17.9. The molecule has 0 aliphatic heterocycles. The van der Waals surface area contributed by atoms with Crippen LogP contribution in [-0.2, 0) is 9.59 Å². The Morgan fingerprint density at radius 2 is 1.85 bits per heavy atom. The molecular weight excluding hydrogens is 265 g/mol. The number of ether oxygens (including phenoxy) is 1.